The molecular weight excluding hydrogens is 194 g/mol. The van der Waals surface area contributed by atoms with Gasteiger partial charge in [0, 0.05) is 24.1 Å². The summed E-state index contributed by atoms with van der Waals surface area (Å²) in [6.07, 6.45) is 3.39. The van der Waals surface area contributed by atoms with Crippen molar-refractivity contribution >= 4 is 11.8 Å². The van der Waals surface area contributed by atoms with Gasteiger partial charge in [0.15, 0.2) is 0 Å². The van der Waals surface area contributed by atoms with Crippen LogP contribution in [0.1, 0.15) is 30.0 Å². The van der Waals surface area contributed by atoms with Crippen LogP contribution in [-0.2, 0) is 7.05 Å². The maximum absolute atomic E-state index is 4.37. The van der Waals surface area contributed by atoms with E-state index in [4.69, 9.17) is 0 Å². The quantitative estimate of drug-likeness (QED) is 0.768. The lowest BCUT2D eigenvalue weighted by atomic mass is 10.2. The highest BCUT2D eigenvalue weighted by atomic mass is 32.2. The smallest absolute Gasteiger partial charge is 0.0825 e. The Morgan fingerprint density at radius 1 is 1.64 bits per heavy atom. The Hall–Kier alpha value is -0.480. The molecule has 0 aliphatic carbocycles. The van der Waals surface area contributed by atoms with Crippen molar-refractivity contribution in [2.45, 2.75) is 30.9 Å². The van der Waals surface area contributed by atoms with Crippen LogP contribution in [0.5, 0.6) is 0 Å². The molecule has 2 rings (SSSR count). The van der Waals surface area contributed by atoms with E-state index in [0.29, 0.717) is 5.37 Å². The molecule has 2 atom stereocenters. The zero-order valence-electron chi connectivity index (χ0n) is 8.95. The Morgan fingerprint density at radius 2 is 2.43 bits per heavy atom. The molecule has 4 heteroatoms. The summed E-state index contributed by atoms with van der Waals surface area (Å²) in [6, 6.07) is 0. The molecule has 1 aliphatic rings. The normalized spacial score (nSPS) is 27.9. The van der Waals surface area contributed by atoms with Crippen molar-refractivity contribution in [3.8, 4) is 0 Å². The third-order valence-electron chi connectivity index (χ3n) is 2.58. The fourth-order valence-electron chi connectivity index (χ4n) is 1.82. The van der Waals surface area contributed by atoms with Crippen LogP contribution in [0.25, 0.3) is 0 Å². The number of hydrogen-bond acceptors (Lipinski definition) is 3. The molecule has 14 heavy (non-hydrogen) atoms. The standard InChI is InChI=1S/C10H17N3S/c1-7-4-5-11-10(14-7)9-6-13(3)12-8(9)2/h6-7,10-11H,4-5H2,1-3H3. The Morgan fingerprint density at radius 3 is 3.00 bits per heavy atom. The first kappa shape index (κ1) is 10.1. The molecule has 3 nitrogen and oxygen atoms in total. The Bertz CT molecular complexity index is 321. The van der Waals surface area contributed by atoms with Gasteiger partial charge in [0.05, 0.1) is 11.1 Å². The van der Waals surface area contributed by atoms with Crippen LogP contribution in [0, 0.1) is 6.92 Å². The van der Waals surface area contributed by atoms with Crippen molar-refractivity contribution < 1.29 is 0 Å². The molecule has 0 radical (unpaired) electrons. The van der Waals surface area contributed by atoms with Gasteiger partial charge < -0.3 is 5.32 Å². The van der Waals surface area contributed by atoms with Gasteiger partial charge >= 0.3 is 0 Å². The lowest BCUT2D eigenvalue weighted by Crippen LogP contribution is -2.28. The van der Waals surface area contributed by atoms with Gasteiger partial charge in [-0.25, -0.2) is 0 Å². The first-order chi connectivity index (χ1) is 6.66. The summed E-state index contributed by atoms with van der Waals surface area (Å²) in [5.74, 6) is 0. The van der Waals surface area contributed by atoms with E-state index in [1.54, 1.807) is 0 Å². The minimum atomic E-state index is 0.437. The van der Waals surface area contributed by atoms with E-state index in [0.717, 1.165) is 17.5 Å². The molecule has 0 amide bonds. The van der Waals surface area contributed by atoms with Crippen molar-refractivity contribution in [3.05, 3.63) is 17.5 Å². The number of aromatic nitrogens is 2. The monoisotopic (exact) mass is 211 g/mol. The Kier molecular flexibility index (Phi) is 2.83. The largest absolute Gasteiger partial charge is 0.301 e. The second kappa shape index (κ2) is 3.95. The molecule has 1 saturated heterocycles. The van der Waals surface area contributed by atoms with E-state index in [-0.39, 0.29) is 0 Å². The van der Waals surface area contributed by atoms with E-state index in [9.17, 15) is 0 Å². The van der Waals surface area contributed by atoms with Crippen molar-refractivity contribution in [3.63, 3.8) is 0 Å². The molecule has 1 aromatic rings. The maximum atomic E-state index is 4.37. The number of hydrogen-bond donors (Lipinski definition) is 1. The van der Waals surface area contributed by atoms with Gasteiger partial charge in [-0.05, 0) is 19.9 Å². The number of thioether (sulfide) groups is 1. The second-order valence-corrected chi connectivity index (χ2v) is 5.46. The topological polar surface area (TPSA) is 29.9 Å². The average Bonchev–Trinajstić information content (AvgIpc) is 2.45. The molecule has 2 unspecified atom stereocenters. The average molecular weight is 211 g/mol. The lowest BCUT2D eigenvalue weighted by Gasteiger charge is -2.27. The van der Waals surface area contributed by atoms with Crippen LogP contribution < -0.4 is 5.32 Å². The molecule has 2 heterocycles. The van der Waals surface area contributed by atoms with E-state index in [1.807, 2.05) is 23.5 Å². The van der Waals surface area contributed by atoms with Gasteiger partial charge in [-0.3, -0.25) is 4.68 Å². The van der Waals surface area contributed by atoms with Crippen molar-refractivity contribution in [1.29, 1.82) is 0 Å². The van der Waals surface area contributed by atoms with Crippen LogP contribution in [0.15, 0.2) is 6.20 Å². The third-order valence-corrected chi connectivity index (χ3v) is 3.98. The number of nitrogens with one attached hydrogen (secondary N) is 1. The summed E-state index contributed by atoms with van der Waals surface area (Å²) in [7, 11) is 1.98. The minimum Gasteiger partial charge on any atom is -0.301 e. The van der Waals surface area contributed by atoms with E-state index in [2.05, 4.69) is 30.5 Å². The molecular formula is C10H17N3S. The van der Waals surface area contributed by atoms with Gasteiger partial charge in [-0.2, -0.15) is 5.10 Å². The highest BCUT2D eigenvalue weighted by Gasteiger charge is 2.22. The molecule has 0 bridgehead atoms. The van der Waals surface area contributed by atoms with Crippen LogP contribution in [-0.4, -0.2) is 21.6 Å². The van der Waals surface area contributed by atoms with E-state index >= 15 is 0 Å². The highest BCUT2D eigenvalue weighted by Crippen LogP contribution is 2.35. The Balaban J connectivity index is 2.17. The molecule has 1 aliphatic heterocycles. The van der Waals surface area contributed by atoms with Gasteiger partial charge in [0.25, 0.3) is 0 Å². The van der Waals surface area contributed by atoms with E-state index in [1.165, 1.54) is 12.0 Å². The number of nitrogens with zero attached hydrogens (tertiary/aromatic N) is 2. The first-order valence-electron chi connectivity index (χ1n) is 5.06. The summed E-state index contributed by atoms with van der Waals surface area (Å²) in [5.41, 5.74) is 2.48. The van der Waals surface area contributed by atoms with Crippen LogP contribution in [0.4, 0.5) is 0 Å². The van der Waals surface area contributed by atoms with Gasteiger partial charge in [0.1, 0.15) is 0 Å². The molecule has 1 aromatic heterocycles. The number of aryl methyl sites for hydroxylation is 2. The number of rotatable bonds is 1. The second-order valence-electron chi connectivity index (χ2n) is 3.91. The molecule has 1 fully saturated rings. The van der Waals surface area contributed by atoms with Crippen molar-refractivity contribution in [2.24, 2.45) is 7.05 Å². The highest BCUT2D eigenvalue weighted by molar-refractivity contribution is 8.00. The molecule has 0 aromatic carbocycles. The third kappa shape index (κ3) is 1.96. The molecule has 0 spiro atoms. The summed E-state index contributed by atoms with van der Waals surface area (Å²) in [6.45, 7) is 5.49. The predicted octanol–water partition coefficient (Wildman–Crippen LogP) is 1.84. The summed E-state index contributed by atoms with van der Waals surface area (Å²) >= 11 is 2.00. The van der Waals surface area contributed by atoms with Crippen molar-refractivity contribution in [2.75, 3.05) is 6.54 Å². The van der Waals surface area contributed by atoms with Crippen molar-refractivity contribution in [1.82, 2.24) is 15.1 Å². The van der Waals surface area contributed by atoms with Gasteiger partial charge in [-0.15, -0.1) is 11.8 Å². The van der Waals surface area contributed by atoms with Crippen LogP contribution >= 0.6 is 11.8 Å². The van der Waals surface area contributed by atoms with E-state index < -0.39 is 0 Å². The van der Waals surface area contributed by atoms with Gasteiger partial charge in [-0.1, -0.05) is 6.92 Å². The first-order valence-corrected chi connectivity index (χ1v) is 6.00. The molecule has 1 N–H and O–H groups in total. The Labute approximate surface area is 89.3 Å². The van der Waals surface area contributed by atoms with Gasteiger partial charge in [0.2, 0.25) is 0 Å². The summed E-state index contributed by atoms with van der Waals surface area (Å²) in [5, 5.41) is 9.09. The molecule has 78 valence electrons. The summed E-state index contributed by atoms with van der Waals surface area (Å²) < 4.78 is 1.90. The predicted molar refractivity (Wildman–Crippen MR) is 60.4 cm³/mol. The van der Waals surface area contributed by atoms with Crippen LogP contribution in [0.2, 0.25) is 0 Å². The lowest BCUT2D eigenvalue weighted by molar-refractivity contribution is 0.603. The fourth-order valence-corrected chi connectivity index (χ4v) is 3.14. The zero-order valence-corrected chi connectivity index (χ0v) is 9.77. The minimum absolute atomic E-state index is 0.437. The summed E-state index contributed by atoms with van der Waals surface area (Å²) in [4.78, 5) is 0. The fraction of sp³-hybridized carbons (Fsp3) is 0.700. The van der Waals surface area contributed by atoms with Crippen LogP contribution in [0.3, 0.4) is 0 Å². The zero-order chi connectivity index (χ0) is 10.1. The SMILES string of the molecule is Cc1nn(C)cc1C1NCCC(C)S1. The molecule has 0 saturated carbocycles. The maximum Gasteiger partial charge on any atom is 0.0825 e.